The number of hydrogen-bond acceptors (Lipinski definition) is 4. The van der Waals surface area contributed by atoms with Crippen molar-refractivity contribution in [1.82, 2.24) is 5.43 Å². The lowest BCUT2D eigenvalue weighted by atomic mass is 9.79. The molecule has 0 unspecified atom stereocenters. The van der Waals surface area contributed by atoms with Gasteiger partial charge in [-0.05, 0) is 80.6 Å². The van der Waals surface area contributed by atoms with Gasteiger partial charge in [0.15, 0.2) is 5.76 Å². The smallest absolute Gasteiger partial charge is 0.307 e. The summed E-state index contributed by atoms with van der Waals surface area (Å²) < 4.78 is 6.54. The van der Waals surface area contributed by atoms with Crippen LogP contribution in [0.1, 0.15) is 61.7 Å². The summed E-state index contributed by atoms with van der Waals surface area (Å²) in [5.41, 5.74) is 6.95. The second-order valence-corrected chi connectivity index (χ2v) is 9.39. The van der Waals surface area contributed by atoms with Crippen LogP contribution < -0.4 is 10.3 Å². The number of hydrogen-bond donors (Lipinski definition) is 1. The molecule has 4 rings (SSSR count). The maximum Gasteiger partial charge on any atom is 0.307 e. The Hall–Kier alpha value is -2.60. The van der Waals surface area contributed by atoms with Gasteiger partial charge in [-0.3, -0.25) is 4.79 Å². The molecule has 0 aliphatic carbocycles. The van der Waals surface area contributed by atoms with Gasteiger partial charge in [0.05, 0.1) is 6.21 Å². The molecule has 0 saturated carbocycles. The molecule has 5 nitrogen and oxygen atoms in total. The molecule has 1 aliphatic rings. The van der Waals surface area contributed by atoms with Crippen LogP contribution in [-0.2, 0) is 0 Å². The number of nitrogens with zero attached hydrogens (tertiary/aromatic N) is 2. The number of fused-ring (bicyclic) bond motifs is 2. The molecule has 1 atom stereocenters. The lowest BCUT2D eigenvalue weighted by Crippen LogP contribution is -2.48. The highest BCUT2D eigenvalue weighted by atomic mass is 79.9. The Kier molecular flexibility index (Phi) is 5.45. The molecule has 156 valence electrons. The zero-order valence-electron chi connectivity index (χ0n) is 17.7. The number of amides is 1. The van der Waals surface area contributed by atoms with Crippen LogP contribution in [0.25, 0.3) is 11.0 Å². The first-order chi connectivity index (χ1) is 14.3. The van der Waals surface area contributed by atoms with Gasteiger partial charge in [-0.2, -0.15) is 5.10 Å². The van der Waals surface area contributed by atoms with Gasteiger partial charge in [0, 0.05) is 27.6 Å². The molecule has 1 aromatic heterocycles. The van der Waals surface area contributed by atoms with Gasteiger partial charge in [-0.15, -0.1) is 0 Å². The summed E-state index contributed by atoms with van der Waals surface area (Å²) in [6, 6.07) is 13.7. The Bertz CT molecular complexity index is 1130. The zero-order chi connectivity index (χ0) is 21.5. The number of nitrogens with one attached hydrogen (secondary N) is 1. The topological polar surface area (TPSA) is 57.8 Å². The number of carbonyl (C=O) groups excluding carboxylic acids is 1. The predicted octanol–water partition coefficient (Wildman–Crippen LogP) is 6.07. The molecular weight excluding hydrogens is 442 g/mol. The largest absolute Gasteiger partial charge is 0.451 e. The molecule has 0 spiro atoms. The molecule has 0 saturated heterocycles. The van der Waals surface area contributed by atoms with E-state index in [9.17, 15) is 4.79 Å². The number of halogens is 1. The van der Waals surface area contributed by atoms with Gasteiger partial charge >= 0.3 is 5.91 Å². The van der Waals surface area contributed by atoms with Crippen molar-refractivity contribution in [3.63, 3.8) is 0 Å². The third-order valence-electron chi connectivity index (χ3n) is 5.81. The van der Waals surface area contributed by atoms with E-state index in [2.05, 4.69) is 71.2 Å². The number of hydrazone groups is 1. The van der Waals surface area contributed by atoms with E-state index in [1.54, 1.807) is 12.3 Å². The fraction of sp³-hybridized carbons (Fsp3) is 0.333. The molecule has 0 bridgehead atoms. The van der Waals surface area contributed by atoms with Crippen LogP contribution in [0.3, 0.4) is 0 Å². The summed E-state index contributed by atoms with van der Waals surface area (Å²) in [6.45, 7) is 10.1. The van der Waals surface area contributed by atoms with E-state index in [1.165, 1.54) is 11.3 Å². The summed E-state index contributed by atoms with van der Waals surface area (Å²) in [5, 5.41) is 5.01. The average Bonchev–Trinajstić information content (AvgIpc) is 3.11. The van der Waals surface area contributed by atoms with Crippen LogP contribution in [0.4, 0.5) is 5.69 Å². The highest BCUT2D eigenvalue weighted by Gasteiger charge is 2.35. The molecule has 0 radical (unpaired) electrons. The van der Waals surface area contributed by atoms with Gasteiger partial charge in [-0.1, -0.05) is 28.9 Å². The van der Waals surface area contributed by atoms with Crippen molar-refractivity contribution in [2.75, 3.05) is 11.4 Å². The Morgan fingerprint density at radius 2 is 2.10 bits per heavy atom. The van der Waals surface area contributed by atoms with E-state index in [0.29, 0.717) is 11.5 Å². The molecule has 6 heteroatoms. The lowest BCUT2D eigenvalue weighted by molar-refractivity contribution is 0.0929. The summed E-state index contributed by atoms with van der Waals surface area (Å²) in [7, 11) is 0. The maximum atomic E-state index is 12.4. The standard InChI is InChI=1S/C24H26BrN3O2/c1-5-28-20-8-6-16(10-19(20)15(2)13-24(28,3)4)14-26-27-23(29)22-12-17-11-18(25)7-9-21(17)30-22/h6-12,14-15H,5,13H2,1-4H3,(H,27,29)/b26-14+/t15-/m1/s1. The van der Waals surface area contributed by atoms with E-state index >= 15 is 0 Å². The lowest BCUT2D eigenvalue weighted by Gasteiger charge is -2.47. The van der Waals surface area contributed by atoms with Gasteiger partial charge in [0.2, 0.25) is 0 Å². The molecule has 0 fully saturated rings. The van der Waals surface area contributed by atoms with Crippen molar-refractivity contribution in [3.8, 4) is 0 Å². The van der Waals surface area contributed by atoms with E-state index in [-0.39, 0.29) is 17.2 Å². The number of benzene rings is 2. The van der Waals surface area contributed by atoms with Crippen molar-refractivity contribution in [1.29, 1.82) is 0 Å². The number of carbonyl (C=O) groups is 1. The molecule has 2 heterocycles. The van der Waals surface area contributed by atoms with Crippen molar-refractivity contribution >= 4 is 44.7 Å². The van der Waals surface area contributed by atoms with Crippen LogP contribution in [0.2, 0.25) is 0 Å². The van der Waals surface area contributed by atoms with Crippen molar-refractivity contribution in [2.45, 2.75) is 45.6 Å². The average molecular weight is 468 g/mol. The second-order valence-electron chi connectivity index (χ2n) is 8.47. The quantitative estimate of drug-likeness (QED) is 0.374. The minimum Gasteiger partial charge on any atom is -0.451 e. The molecular formula is C24H26BrN3O2. The third kappa shape index (κ3) is 3.88. The second kappa shape index (κ2) is 7.91. The first-order valence-electron chi connectivity index (χ1n) is 10.2. The van der Waals surface area contributed by atoms with Gasteiger partial charge in [-0.25, -0.2) is 5.43 Å². The summed E-state index contributed by atoms with van der Waals surface area (Å²) >= 11 is 3.42. The SMILES string of the molecule is CCN1c2ccc(/C=N/NC(=O)c3cc4cc(Br)ccc4o3)cc2[C@H](C)CC1(C)C. The predicted molar refractivity (Wildman–Crippen MR) is 126 cm³/mol. The van der Waals surface area contributed by atoms with E-state index in [1.807, 2.05) is 24.3 Å². The Balaban J connectivity index is 1.50. The van der Waals surface area contributed by atoms with Crippen LogP contribution >= 0.6 is 15.9 Å². The monoisotopic (exact) mass is 467 g/mol. The molecule has 2 aromatic carbocycles. The molecule has 1 amide bonds. The molecule has 1 N–H and O–H groups in total. The summed E-state index contributed by atoms with van der Waals surface area (Å²) in [5.74, 6) is 0.333. The summed E-state index contributed by atoms with van der Waals surface area (Å²) in [6.07, 6.45) is 2.79. The molecule has 30 heavy (non-hydrogen) atoms. The summed E-state index contributed by atoms with van der Waals surface area (Å²) in [4.78, 5) is 14.9. The fourth-order valence-corrected chi connectivity index (χ4v) is 4.91. The maximum absolute atomic E-state index is 12.4. The Morgan fingerprint density at radius 1 is 1.30 bits per heavy atom. The zero-order valence-corrected chi connectivity index (χ0v) is 19.3. The normalized spacial score (nSPS) is 18.0. The van der Waals surface area contributed by atoms with Gasteiger partial charge < -0.3 is 9.32 Å². The minimum atomic E-state index is -0.371. The highest BCUT2D eigenvalue weighted by molar-refractivity contribution is 9.10. The highest BCUT2D eigenvalue weighted by Crippen LogP contribution is 2.43. The Labute approximate surface area is 185 Å². The minimum absolute atomic E-state index is 0.146. The van der Waals surface area contributed by atoms with E-state index in [0.717, 1.165) is 28.4 Å². The molecule has 1 aliphatic heterocycles. The van der Waals surface area contributed by atoms with Crippen LogP contribution in [0.5, 0.6) is 0 Å². The van der Waals surface area contributed by atoms with Crippen molar-refractivity contribution in [3.05, 3.63) is 63.8 Å². The van der Waals surface area contributed by atoms with Crippen LogP contribution in [0.15, 0.2) is 56.5 Å². The first-order valence-corrected chi connectivity index (χ1v) is 11.0. The van der Waals surface area contributed by atoms with Gasteiger partial charge in [0.25, 0.3) is 0 Å². The van der Waals surface area contributed by atoms with Gasteiger partial charge in [0.1, 0.15) is 5.58 Å². The van der Waals surface area contributed by atoms with E-state index < -0.39 is 0 Å². The number of anilines is 1. The van der Waals surface area contributed by atoms with Crippen LogP contribution in [0, 0.1) is 0 Å². The number of rotatable bonds is 4. The number of furan rings is 1. The van der Waals surface area contributed by atoms with Crippen molar-refractivity contribution in [2.24, 2.45) is 5.10 Å². The van der Waals surface area contributed by atoms with Crippen molar-refractivity contribution < 1.29 is 9.21 Å². The Morgan fingerprint density at radius 3 is 2.87 bits per heavy atom. The third-order valence-corrected chi connectivity index (χ3v) is 6.30. The first kappa shape index (κ1) is 20.7. The van der Waals surface area contributed by atoms with Crippen LogP contribution in [-0.4, -0.2) is 24.2 Å². The van der Waals surface area contributed by atoms with E-state index in [4.69, 9.17) is 4.42 Å². The molecule has 3 aromatic rings. The fourth-order valence-electron chi connectivity index (χ4n) is 4.53.